The van der Waals surface area contributed by atoms with Crippen LogP contribution in [0.2, 0.25) is 0 Å². The topological polar surface area (TPSA) is 62.6 Å². The average Bonchev–Trinajstić information content (AvgIpc) is 2.80. The zero-order valence-electron chi connectivity index (χ0n) is 11.4. The first kappa shape index (κ1) is 15.6. The maximum absolute atomic E-state index is 11.9. The number of hydrogen-bond donors (Lipinski definition) is 0. The Hall–Kier alpha value is -1.77. The quantitative estimate of drug-likeness (QED) is 0.780. The third-order valence-corrected chi connectivity index (χ3v) is 2.88. The summed E-state index contributed by atoms with van der Waals surface area (Å²) in [6.45, 7) is 1.92. The fourth-order valence-corrected chi connectivity index (χ4v) is 1.96. The molecule has 6 nitrogen and oxygen atoms in total. The van der Waals surface area contributed by atoms with Crippen molar-refractivity contribution in [2.75, 3.05) is 13.2 Å². The van der Waals surface area contributed by atoms with Crippen molar-refractivity contribution in [1.29, 1.82) is 0 Å². The van der Waals surface area contributed by atoms with E-state index in [2.05, 4.69) is 9.84 Å². The van der Waals surface area contributed by atoms with Crippen LogP contribution in [0.4, 0.5) is 13.2 Å². The van der Waals surface area contributed by atoms with Crippen LogP contribution in [0.5, 0.6) is 5.88 Å². The minimum absolute atomic E-state index is 0.111. The SMILES string of the molecule is CCOC(=O)c1cc2n(n1)CCC(CCOC(F)(F)F)O2. The number of halogens is 3. The van der Waals surface area contributed by atoms with Gasteiger partial charge in [0.25, 0.3) is 0 Å². The van der Waals surface area contributed by atoms with Crippen LogP contribution >= 0.6 is 0 Å². The molecule has 1 unspecified atom stereocenters. The Morgan fingerprint density at radius 2 is 2.33 bits per heavy atom. The zero-order valence-corrected chi connectivity index (χ0v) is 11.4. The molecule has 1 aromatic rings. The lowest BCUT2D eigenvalue weighted by Crippen LogP contribution is -2.28. The highest BCUT2D eigenvalue weighted by atomic mass is 19.4. The third-order valence-electron chi connectivity index (χ3n) is 2.88. The molecule has 21 heavy (non-hydrogen) atoms. The maximum atomic E-state index is 11.9. The Balaban J connectivity index is 1.90. The Morgan fingerprint density at radius 3 is 3.00 bits per heavy atom. The van der Waals surface area contributed by atoms with Gasteiger partial charge in [-0.3, -0.25) is 4.74 Å². The van der Waals surface area contributed by atoms with Gasteiger partial charge in [-0.25, -0.2) is 9.48 Å². The number of fused-ring (bicyclic) bond motifs is 1. The molecule has 0 N–H and O–H groups in total. The van der Waals surface area contributed by atoms with Crippen molar-refractivity contribution in [1.82, 2.24) is 9.78 Å². The molecule has 1 atom stereocenters. The van der Waals surface area contributed by atoms with Crippen molar-refractivity contribution in [3.63, 3.8) is 0 Å². The highest BCUT2D eigenvalue weighted by Crippen LogP contribution is 2.25. The first-order valence-electron chi connectivity index (χ1n) is 6.51. The molecule has 1 aromatic heterocycles. The number of esters is 1. The smallest absolute Gasteiger partial charge is 0.474 e. The molecular weight excluding hydrogens is 293 g/mol. The molecule has 0 aliphatic carbocycles. The standard InChI is InChI=1S/C12H15F3N2O4/c1-2-19-11(18)9-7-10-17(16-9)5-3-8(21-10)4-6-20-12(13,14)15/h7-8H,2-6H2,1H3. The van der Waals surface area contributed by atoms with Crippen molar-refractivity contribution in [2.45, 2.75) is 38.8 Å². The van der Waals surface area contributed by atoms with Crippen LogP contribution in [0.3, 0.4) is 0 Å². The number of ether oxygens (including phenoxy) is 3. The van der Waals surface area contributed by atoms with Gasteiger partial charge in [-0.05, 0) is 6.92 Å². The minimum atomic E-state index is -4.63. The number of alkyl halides is 3. The van der Waals surface area contributed by atoms with Gasteiger partial charge in [0.1, 0.15) is 6.10 Å². The monoisotopic (exact) mass is 308 g/mol. The summed E-state index contributed by atoms with van der Waals surface area (Å²) in [4.78, 5) is 11.5. The second-order valence-corrected chi connectivity index (χ2v) is 4.42. The molecule has 0 saturated heterocycles. The molecule has 0 radical (unpaired) electrons. The Morgan fingerprint density at radius 1 is 1.57 bits per heavy atom. The predicted octanol–water partition coefficient (Wildman–Crippen LogP) is 2.14. The van der Waals surface area contributed by atoms with Crippen molar-refractivity contribution in [3.05, 3.63) is 11.8 Å². The molecule has 2 heterocycles. The second kappa shape index (κ2) is 6.33. The highest BCUT2D eigenvalue weighted by molar-refractivity contribution is 5.87. The van der Waals surface area contributed by atoms with Crippen molar-refractivity contribution < 1.29 is 32.2 Å². The molecule has 0 spiro atoms. The van der Waals surface area contributed by atoms with E-state index in [1.165, 1.54) is 10.7 Å². The van der Waals surface area contributed by atoms with Crippen molar-refractivity contribution in [3.8, 4) is 5.88 Å². The van der Waals surface area contributed by atoms with Gasteiger partial charge >= 0.3 is 12.3 Å². The van der Waals surface area contributed by atoms with E-state index in [-0.39, 0.29) is 18.7 Å². The number of carbonyl (C=O) groups is 1. The second-order valence-electron chi connectivity index (χ2n) is 4.42. The molecule has 1 aliphatic heterocycles. The molecule has 0 saturated carbocycles. The van der Waals surface area contributed by atoms with Crippen LogP contribution in [0.1, 0.15) is 30.3 Å². The molecule has 1 aliphatic rings. The largest absolute Gasteiger partial charge is 0.522 e. The van der Waals surface area contributed by atoms with Gasteiger partial charge in [0, 0.05) is 25.5 Å². The van der Waals surface area contributed by atoms with E-state index in [1.807, 2.05) is 0 Å². The molecule has 2 rings (SSSR count). The number of aryl methyl sites for hydroxylation is 1. The molecule has 0 bridgehead atoms. The summed E-state index contributed by atoms with van der Waals surface area (Å²) in [5.74, 6) is -0.207. The van der Waals surface area contributed by atoms with Gasteiger partial charge in [0.15, 0.2) is 5.69 Å². The molecule has 9 heteroatoms. The first-order chi connectivity index (χ1) is 9.89. The summed E-state index contributed by atoms with van der Waals surface area (Å²) in [5.41, 5.74) is 0.124. The summed E-state index contributed by atoms with van der Waals surface area (Å²) in [7, 11) is 0. The highest BCUT2D eigenvalue weighted by Gasteiger charge is 2.30. The first-order valence-corrected chi connectivity index (χ1v) is 6.51. The van der Waals surface area contributed by atoms with Gasteiger partial charge in [0.2, 0.25) is 5.88 Å². The van der Waals surface area contributed by atoms with Crippen LogP contribution in [0.25, 0.3) is 0 Å². The predicted molar refractivity (Wildman–Crippen MR) is 63.8 cm³/mol. The zero-order chi connectivity index (χ0) is 15.5. The van der Waals surface area contributed by atoms with Crippen molar-refractivity contribution in [2.24, 2.45) is 0 Å². The summed E-state index contributed by atoms with van der Waals surface area (Å²) in [6.07, 6.45) is -4.42. The molecule has 0 amide bonds. The Labute approximate surface area is 118 Å². The Kier molecular flexibility index (Phi) is 4.71. The number of nitrogens with zero attached hydrogens (tertiary/aromatic N) is 2. The van der Waals surface area contributed by atoms with Crippen LogP contribution in [-0.2, 0) is 16.0 Å². The molecular formula is C12H15F3N2O4. The van der Waals surface area contributed by atoms with Gasteiger partial charge in [-0.1, -0.05) is 0 Å². The summed E-state index contributed by atoms with van der Waals surface area (Å²) in [6, 6.07) is 1.43. The van der Waals surface area contributed by atoms with E-state index in [9.17, 15) is 18.0 Å². The summed E-state index contributed by atoms with van der Waals surface area (Å²) < 4.78 is 51.2. The van der Waals surface area contributed by atoms with Crippen LogP contribution < -0.4 is 4.74 Å². The molecule has 0 fully saturated rings. The van der Waals surface area contributed by atoms with E-state index in [0.29, 0.717) is 18.8 Å². The lowest BCUT2D eigenvalue weighted by atomic mass is 10.2. The van der Waals surface area contributed by atoms with E-state index in [4.69, 9.17) is 9.47 Å². The molecule has 118 valence electrons. The number of rotatable bonds is 5. The lowest BCUT2D eigenvalue weighted by Gasteiger charge is -2.24. The fourth-order valence-electron chi connectivity index (χ4n) is 1.96. The fraction of sp³-hybridized carbons (Fsp3) is 0.667. The maximum Gasteiger partial charge on any atom is 0.522 e. The van der Waals surface area contributed by atoms with E-state index >= 15 is 0 Å². The minimum Gasteiger partial charge on any atom is -0.474 e. The van der Waals surface area contributed by atoms with Gasteiger partial charge < -0.3 is 9.47 Å². The average molecular weight is 308 g/mol. The number of aromatic nitrogens is 2. The number of carbonyl (C=O) groups excluding carboxylic acids is 1. The third kappa shape index (κ3) is 4.35. The summed E-state index contributed by atoms with van der Waals surface area (Å²) >= 11 is 0. The van der Waals surface area contributed by atoms with Gasteiger partial charge in [-0.2, -0.15) is 5.10 Å². The number of hydrogen-bond acceptors (Lipinski definition) is 5. The summed E-state index contributed by atoms with van der Waals surface area (Å²) in [5, 5.41) is 4.03. The Bertz CT molecular complexity index is 501. The van der Waals surface area contributed by atoms with Gasteiger partial charge in [0.05, 0.1) is 13.2 Å². The van der Waals surface area contributed by atoms with Crippen LogP contribution in [0.15, 0.2) is 6.07 Å². The van der Waals surface area contributed by atoms with Crippen molar-refractivity contribution >= 4 is 5.97 Å². The van der Waals surface area contributed by atoms with Crippen LogP contribution in [-0.4, -0.2) is 41.4 Å². The lowest BCUT2D eigenvalue weighted by molar-refractivity contribution is -0.325. The van der Waals surface area contributed by atoms with E-state index < -0.39 is 25.0 Å². The van der Waals surface area contributed by atoms with E-state index in [0.717, 1.165) is 0 Å². The van der Waals surface area contributed by atoms with Crippen LogP contribution in [0, 0.1) is 0 Å². The molecule has 0 aromatic carbocycles. The van der Waals surface area contributed by atoms with Gasteiger partial charge in [-0.15, -0.1) is 13.2 Å². The normalized spacial score (nSPS) is 18.0. The van der Waals surface area contributed by atoms with E-state index in [1.54, 1.807) is 6.92 Å².